The van der Waals surface area contributed by atoms with E-state index < -0.39 is 10.9 Å². The summed E-state index contributed by atoms with van der Waals surface area (Å²) in [6, 6.07) is 5.31. The first kappa shape index (κ1) is 12.6. The number of carboxylic acids is 1. The van der Waals surface area contributed by atoms with Gasteiger partial charge in [-0.2, -0.15) is 0 Å². The number of carbonyl (C=O) groups is 1. The molecule has 0 atom stereocenters. The minimum atomic E-state index is -1.14. The maximum Gasteiger partial charge on any atom is 0.335 e. The van der Waals surface area contributed by atoms with Gasteiger partial charge in [-0.1, -0.05) is 0 Å². The summed E-state index contributed by atoms with van der Waals surface area (Å²) in [6.07, 6.45) is 2.99. The zero-order valence-electron chi connectivity index (χ0n) is 9.70. The molecule has 7 heteroatoms. The van der Waals surface area contributed by atoms with E-state index in [1.807, 2.05) is 0 Å². The zero-order chi connectivity index (χ0) is 13.8. The van der Waals surface area contributed by atoms with Crippen LogP contribution in [-0.2, 0) is 6.54 Å². The Labute approximate surface area is 107 Å². The molecular weight excluding hydrogens is 252 g/mol. The number of nitrogens with one attached hydrogen (secondary N) is 1. The van der Waals surface area contributed by atoms with E-state index in [0.29, 0.717) is 6.54 Å². The quantitative estimate of drug-likeness (QED) is 0.633. The van der Waals surface area contributed by atoms with E-state index in [1.54, 1.807) is 6.07 Å². The number of rotatable bonds is 5. The van der Waals surface area contributed by atoms with Crippen molar-refractivity contribution in [2.45, 2.75) is 6.54 Å². The molecule has 0 amide bonds. The van der Waals surface area contributed by atoms with Crippen molar-refractivity contribution in [2.24, 2.45) is 0 Å². The van der Waals surface area contributed by atoms with Crippen molar-refractivity contribution >= 4 is 17.3 Å². The second-order valence-electron chi connectivity index (χ2n) is 3.78. The Morgan fingerprint density at radius 3 is 2.79 bits per heavy atom. The van der Waals surface area contributed by atoms with E-state index in [0.717, 1.165) is 5.56 Å². The normalized spacial score (nSPS) is 10.1. The van der Waals surface area contributed by atoms with Crippen molar-refractivity contribution in [3.63, 3.8) is 0 Å². The molecule has 1 aromatic heterocycles. The van der Waals surface area contributed by atoms with Crippen LogP contribution in [0.5, 0.6) is 0 Å². The molecule has 0 unspecified atom stereocenters. The van der Waals surface area contributed by atoms with Gasteiger partial charge in [0.1, 0.15) is 5.69 Å². The maximum absolute atomic E-state index is 10.9. The molecule has 0 radical (unpaired) electrons. The lowest BCUT2D eigenvalue weighted by Gasteiger charge is -2.06. The highest BCUT2D eigenvalue weighted by Crippen LogP contribution is 2.26. The Morgan fingerprint density at radius 2 is 2.21 bits per heavy atom. The van der Waals surface area contributed by atoms with Gasteiger partial charge in [0.25, 0.3) is 5.69 Å². The van der Waals surface area contributed by atoms with Crippen LogP contribution in [0.3, 0.4) is 0 Å². The largest absolute Gasteiger partial charge is 0.478 e. The highest BCUT2D eigenvalue weighted by molar-refractivity contribution is 5.90. The first-order chi connectivity index (χ1) is 9.08. The minimum Gasteiger partial charge on any atom is -0.478 e. The number of furan rings is 1. The summed E-state index contributed by atoms with van der Waals surface area (Å²) in [7, 11) is 0. The molecule has 0 fully saturated rings. The Hall–Kier alpha value is -2.83. The molecule has 19 heavy (non-hydrogen) atoms. The molecule has 0 aliphatic rings. The SMILES string of the molecule is O=C(O)c1ccc([N+](=O)[O-])c(NCc2ccoc2)c1. The molecule has 0 bridgehead atoms. The monoisotopic (exact) mass is 262 g/mol. The third-order valence-corrected chi connectivity index (χ3v) is 2.50. The number of nitro groups is 1. The van der Waals surface area contributed by atoms with Gasteiger partial charge in [-0.05, 0) is 18.2 Å². The Bertz CT molecular complexity index is 607. The molecule has 1 heterocycles. The van der Waals surface area contributed by atoms with Crippen molar-refractivity contribution in [3.8, 4) is 0 Å². The van der Waals surface area contributed by atoms with E-state index in [1.165, 1.54) is 30.7 Å². The maximum atomic E-state index is 10.9. The second kappa shape index (κ2) is 5.21. The number of nitro benzene ring substituents is 1. The molecule has 2 rings (SSSR count). The van der Waals surface area contributed by atoms with Crippen molar-refractivity contribution < 1.29 is 19.2 Å². The topological polar surface area (TPSA) is 106 Å². The predicted octanol–water partition coefficient (Wildman–Crippen LogP) is 2.50. The third kappa shape index (κ3) is 2.89. The van der Waals surface area contributed by atoms with Gasteiger partial charge in [0.15, 0.2) is 0 Å². The lowest BCUT2D eigenvalue weighted by molar-refractivity contribution is -0.384. The van der Waals surface area contributed by atoms with Crippen LogP contribution in [0.15, 0.2) is 41.2 Å². The van der Waals surface area contributed by atoms with Gasteiger partial charge in [-0.25, -0.2) is 4.79 Å². The van der Waals surface area contributed by atoms with Crippen molar-refractivity contribution in [3.05, 3.63) is 58.0 Å². The van der Waals surface area contributed by atoms with Crippen LogP contribution in [-0.4, -0.2) is 16.0 Å². The number of carboxylic acid groups (broad SMARTS) is 1. The van der Waals surface area contributed by atoms with Crippen LogP contribution < -0.4 is 5.32 Å². The molecule has 1 aromatic carbocycles. The molecule has 0 saturated carbocycles. The summed E-state index contributed by atoms with van der Waals surface area (Å²) in [4.78, 5) is 21.2. The van der Waals surface area contributed by atoms with E-state index >= 15 is 0 Å². The third-order valence-electron chi connectivity index (χ3n) is 2.50. The van der Waals surface area contributed by atoms with Gasteiger partial charge >= 0.3 is 5.97 Å². The highest BCUT2D eigenvalue weighted by Gasteiger charge is 2.16. The molecule has 2 N–H and O–H groups in total. The summed E-state index contributed by atoms with van der Waals surface area (Å²) >= 11 is 0. The molecule has 0 aliphatic heterocycles. The van der Waals surface area contributed by atoms with Gasteiger partial charge in [-0.3, -0.25) is 10.1 Å². The van der Waals surface area contributed by atoms with Gasteiger partial charge in [0.2, 0.25) is 0 Å². The average Bonchev–Trinajstić information content (AvgIpc) is 2.88. The van der Waals surface area contributed by atoms with E-state index in [9.17, 15) is 14.9 Å². The number of benzene rings is 1. The molecule has 98 valence electrons. The Morgan fingerprint density at radius 1 is 1.42 bits per heavy atom. The average molecular weight is 262 g/mol. The first-order valence-electron chi connectivity index (χ1n) is 5.34. The van der Waals surface area contributed by atoms with Crippen molar-refractivity contribution in [2.75, 3.05) is 5.32 Å². The molecule has 0 aliphatic carbocycles. The zero-order valence-corrected chi connectivity index (χ0v) is 9.70. The summed E-state index contributed by atoms with van der Waals surface area (Å²) < 4.78 is 4.87. The highest BCUT2D eigenvalue weighted by atomic mass is 16.6. The molecule has 0 spiro atoms. The Balaban J connectivity index is 2.27. The van der Waals surface area contributed by atoms with Crippen LogP contribution in [0.25, 0.3) is 0 Å². The van der Waals surface area contributed by atoms with Gasteiger partial charge < -0.3 is 14.8 Å². The summed E-state index contributed by atoms with van der Waals surface area (Å²) in [5, 5.41) is 22.6. The fourth-order valence-electron chi connectivity index (χ4n) is 1.56. The number of nitrogens with zero attached hydrogens (tertiary/aromatic N) is 1. The van der Waals surface area contributed by atoms with Crippen LogP contribution in [0.4, 0.5) is 11.4 Å². The lowest BCUT2D eigenvalue weighted by Crippen LogP contribution is -2.04. The molecular formula is C12H10N2O5. The van der Waals surface area contributed by atoms with Crippen molar-refractivity contribution in [1.82, 2.24) is 0 Å². The lowest BCUT2D eigenvalue weighted by atomic mass is 10.1. The van der Waals surface area contributed by atoms with Crippen LogP contribution >= 0.6 is 0 Å². The molecule has 0 saturated heterocycles. The number of anilines is 1. The number of hydrogen-bond acceptors (Lipinski definition) is 5. The number of aromatic carboxylic acids is 1. The van der Waals surface area contributed by atoms with Gasteiger partial charge in [-0.15, -0.1) is 0 Å². The second-order valence-corrected chi connectivity index (χ2v) is 3.78. The predicted molar refractivity (Wildman–Crippen MR) is 66.1 cm³/mol. The van der Waals surface area contributed by atoms with Crippen LogP contribution in [0.1, 0.15) is 15.9 Å². The summed E-state index contributed by atoms with van der Waals surface area (Å²) in [5.74, 6) is -1.14. The van der Waals surface area contributed by atoms with Gasteiger partial charge in [0.05, 0.1) is 23.0 Å². The Kier molecular flexibility index (Phi) is 3.46. The molecule has 2 aromatic rings. The molecule has 7 nitrogen and oxygen atoms in total. The van der Waals surface area contributed by atoms with Crippen LogP contribution in [0.2, 0.25) is 0 Å². The summed E-state index contributed by atoms with van der Waals surface area (Å²) in [5.41, 5.74) is 0.773. The first-order valence-corrected chi connectivity index (χ1v) is 5.34. The smallest absolute Gasteiger partial charge is 0.335 e. The van der Waals surface area contributed by atoms with Crippen LogP contribution in [0, 0.1) is 10.1 Å². The minimum absolute atomic E-state index is 0.0136. The fourth-order valence-corrected chi connectivity index (χ4v) is 1.56. The fraction of sp³-hybridized carbons (Fsp3) is 0.0833. The van der Waals surface area contributed by atoms with Crippen molar-refractivity contribution in [1.29, 1.82) is 0 Å². The number of hydrogen-bond donors (Lipinski definition) is 2. The van der Waals surface area contributed by atoms with E-state index in [4.69, 9.17) is 9.52 Å². The summed E-state index contributed by atoms with van der Waals surface area (Å²) in [6.45, 7) is 0.306. The standard InChI is InChI=1S/C12H10N2O5/c15-12(16)9-1-2-11(14(17)18)10(5-9)13-6-8-3-4-19-7-8/h1-5,7,13H,6H2,(H,15,16). The van der Waals surface area contributed by atoms with Gasteiger partial charge in [0, 0.05) is 18.2 Å². The van der Waals surface area contributed by atoms with E-state index in [-0.39, 0.29) is 16.9 Å². The van der Waals surface area contributed by atoms with E-state index in [2.05, 4.69) is 5.32 Å².